The van der Waals surface area contributed by atoms with Gasteiger partial charge < -0.3 is 5.11 Å². The molecule has 0 aliphatic carbocycles. The van der Waals surface area contributed by atoms with Crippen molar-refractivity contribution < 1.29 is 9.32 Å². The normalized spacial score (nSPS) is 13.8. The zero-order valence-electron chi connectivity index (χ0n) is 10.2. The average molecular weight is 240 g/mol. The molecule has 0 spiro atoms. The molecule has 90 valence electrons. The van der Waals surface area contributed by atoms with Gasteiger partial charge in [0, 0.05) is 22.3 Å². The van der Waals surface area contributed by atoms with Crippen LogP contribution >= 0.6 is 0 Å². The van der Waals surface area contributed by atoms with Crippen LogP contribution in [-0.4, -0.2) is 21.7 Å². The Morgan fingerprint density at radius 1 is 1.19 bits per heavy atom. The maximum Gasteiger partial charge on any atom is 0.0546 e. The van der Waals surface area contributed by atoms with E-state index in [9.17, 15) is 4.21 Å². The van der Waals surface area contributed by atoms with Crippen molar-refractivity contribution in [2.24, 2.45) is 0 Å². The fraction of sp³-hybridized carbons (Fsp3) is 0.538. The lowest BCUT2D eigenvalue weighted by Gasteiger charge is -2.19. The van der Waals surface area contributed by atoms with Crippen LogP contribution in [0.5, 0.6) is 0 Å². The van der Waals surface area contributed by atoms with E-state index < -0.39 is 10.8 Å². The molecule has 0 aliphatic rings. The van der Waals surface area contributed by atoms with Gasteiger partial charge in [-0.3, -0.25) is 4.21 Å². The Hall–Kier alpha value is -0.670. The minimum absolute atomic E-state index is 0.00726. The van der Waals surface area contributed by atoms with Crippen LogP contribution in [0, 0.1) is 0 Å². The summed E-state index contributed by atoms with van der Waals surface area (Å²) in [5, 5.41) is 8.67. The molecule has 0 bridgehead atoms. The number of hydrogen-bond donors (Lipinski definition) is 1. The predicted molar refractivity (Wildman–Crippen MR) is 68.9 cm³/mol. The van der Waals surface area contributed by atoms with Gasteiger partial charge in [-0.25, -0.2) is 0 Å². The molecule has 0 aliphatic heterocycles. The van der Waals surface area contributed by atoms with Crippen molar-refractivity contribution in [3.05, 3.63) is 35.4 Å². The van der Waals surface area contributed by atoms with E-state index in [4.69, 9.17) is 5.11 Å². The molecule has 0 radical (unpaired) electrons. The average Bonchev–Trinajstić information content (AvgIpc) is 2.17. The Labute approximate surface area is 100 Å². The van der Waals surface area contributed by atoms with Crippen LogP contribution < -0.4 is 0 Å². The summed E-state index contributed by atoms with van der Waals surface area (Å²) in [5.74, 6) is 0.895. The Balaban J connectivity index is 2.69. The first-order valence-electron chi connectivity index (χ1n) is 5.49. The highest BCUT2D eigenvalue weighted by Gasteiger charge is 2.13. The van der Waals surface area contributed by atoms with Crippen molar-refractivity contribution in [2.75, 3.05) is 12.4 Å². The summed E-state index contributed by atoms with van der Waals surface area (Å²) in [6.45, 7) is 6.51. The lowest BCUT2D eigenvalue weighted by molar-refractivity contribution is 0.321. The third-order valence-electron chi connectivity index (χ3n) is 2.47. The topological polar surface area (TPSA) is 37.3 Å². The van der Waals surface area contributed by atoms with E-state index in [0.717, 1.165) is 5.56 Å². The molecule has 0 fully saturated rings. The van der Waals surface area contributed by atoms with Crippen molar-refractivity contribution in [3.8, 4) is 0 Å². The maximum atomic E-state index is 11.4. The molecule has 2 nitrogen and oxygen atoms in total. The number of rotatable bonds is 4. The second kappa shape index (κ2) is 5.60. The summed E-state index contributed by atoms with van der Waals surface area (Å²) < 4.78 is 11.4. The monoisotopic (exact) mass is 240 g/mol. The van der Waals surface area contributed by atoms with Crippen LogP contribution in [0.25, 0.3) is 0 Å². The predicted octanol–water partition coefficient (Wildman–Crippen LogP) is 2.23. The number of hydrogen-bond acceptors (Lipinski definition) is 2. The maximum absolute atomic E-state index is 11.4. The highest BCUT2D eigenvalue weighted by Crippen LogP contribution is 2.22. The van der Waals surface area contributed by atoms with Gasteiger partial charge >= 0.3 is 0 Å². The minimum Gasteiger partial charge on any atom is -0.395 e. The quantitative estimate of drug-likeness (QED) is 0.876. The van der Waals surface area contributed by atoms with E-state index in [1.165, 1.54) is 5.56 Å². The summed E-state index contributed by atoms with van der Waals surface area (Å²) in [7, 11) is -0.949. The van der Waals surface area contributed by atoms with Gasteiger partial charge in [-0.1, -0.05) is 45.0 Å². The summed E-state index contributed by atoms with van der Waals surface area (Å²) in [5.41, 5.74) is 2.51. The Morgan fingerprint density at radius 3 is 2.19 bits per heavy atom. The van der Waals surface area contributed by atoms with Crippen molar-refractivity contribution >= 4 is 10.8 Å². The van der Waals surface area contributed by atoms with E-state index >= 15 is 0 Å². The third kappa shape index (κ3) is 4.06. The van der Waals surface area contributed by atoms with Crippen molar-refractivity contribution in [3.63, 3.8) is 0 Å². The summed E-state index contributed by atoms with van der Waals surface area (Å²) in [6, 6.07) is 8.22. The molecule has 3 heteroatoms. The third-order valence-corrected chi connectivity index (χ3v) is 3.76. The van der Waals surface area contributed by atoms with Gasteiger partial charge in [0.15, 0.2) is 0 Å². The number of benzene rings is 1. The second-order valence-electron chi connectivity index (χ2n) is 4.96. The fourth-order valence-electron chi connectivity index (χ4n) is 1.46. The molecule has 1 rings (SSSR count). The molecule has 1 N–H and O–H groups in total. The van der Waals surface area contributed by atoms with Crippen molar-refractivity contribution in [1.82, 2.24) is 0 Å². The fourth-order valence-corrected chi connectivity index (χ4v) is 2.37. The van der Waals surface area contributed by atoms with Crippen molar-refractivity contribution in [1.29, 1.82) is 0 Å². The highest BCUT2D eigenvalue weighted by molar-refractivity contribution is 7.84. The molecule has 0 saturated heterocycles. The van der Waals surface area contributed by atoms with Crippen LogP contribution in [-0.2, 0) is 22.0 Å². The Bertz CT molecular complexity index is 349. The zero-order chi connectivity index (χ0) is 12.2. The first kappa shape index (κ1) is 13.4. The molecular weight excluding hydrogens is 220 g/mol. The molecule has 0 saturated carbocycles. The van der Waals surface area contributed by atoms with Crippen LogP contribution in [0.2, 0.25) is 0 Å². The molecular formula is C13H20O2S. The number of aliphatic hydroxyl groups is 1. The SMILES string of the molecule is CC(C)(C)c1ccc(CS(=O)CCO)cc1. The Kier molecular flexibility index (Phi) is 4.69. The van der Waals surface area contributed by atoms with Crippen LogP contribution in [0.4, 0.5) is 0 Å². The van der Waals surface area contributed by atoms with E-state index in [0.29, 0.717) is 11.5 Å². The lowest BCUT2D eigenvalue weighted by atomic mass is 9.87. The second-order valence-corrected chi connectivity index (χ2v) is 6.54. The van der Waals surface area contributed by atoms with Crippen LogP contribution in [0.3, 0.4) is 0 Å². The summed E-state index contributed by atoms with van der Waals surface area (Å²) >= 11 is 0. The van der Waals surface area contributed by atoms with Gasteiger partial charge in [-0.15, -0.1) is 0 Å². The number of aliphatic hydroxyl groups excluding tert-OH is 1. The van der Waals surface area contributed by atoms with Gasteiger partial charge in [0.1, 0.15) is 0 Å². The standard InChI is InChI=1S/C13H20O2S/c1-13(2,3)12-6-4-11(5-7-12)10-16(15)9-8-14/h4-7,14H,8-10H2,1-3H3. The first-order valence-corrected chi connectivity index (χ1v) is 6.97. The summed E-state index contributed by atoms with van der Waals surface area (Å²) in [4.78, 5) is 0. The molecule has 0 heterocycles. The van der Waals surface area contributed by atoms with Gasteiger partial charge in [0.25, 0.3) is 0 Å². The van der Waals surface area contributed by atoms with Gasteiger partial charge in [0.05, 0.1) is 6.61 Å². The minimum atomic E-state index is -0.949. The van der Waals surface area contributed by atoms with E-state index in [2.05, 4.69) is 32.9 Å². The summed E-state index contributed by atoms with van der Waals surface area (Å²) in [6.07, 6.45) is 0. The van der Waals surface area contributed by atoms with Crippen LogP contribution in [0.1, 0.15) is 31.9 Å². The van der Waals surface area contributed by atoms with Gasteiger partial charge in [-0.2, -0.15) is 0 Å². The molecule has 1 aromatic rings. The van der Waals surface area contributed by atoms with E-state index in [-0.39, 0.29) is 12.0 Å². The van der Waals surface area contributed by atoms with Crippen LogP contribution in [0.15, 0.2) is 24.3 Å². The molecule has 1 atom stereocenters. The first-order chi connectivity index (χ1) is 7.43. The smallest absolute Gasteiger partial charge is 0.0546 e. The molecule has 1 unspecified atom stereocenters. The molecule has 1 aromatic carbocycles. The Morgan fingerprint density at radius 2 is 1.75 bits per heavy atom. The largest absolute Gasteiger partial charge is 0.395 e. The molecule has 0 aromatic heterocycles. The van der Waals surface area contributed by atoms with E-state index in [1.54, 1.807) is 0 Å². The lowest BCUT2D eigenvalue weighted by Crippen LogP contribution is -2.11. The zero-order valence-corrected chi connectivity index (χ0v) is 11.0. The highest BCUT2D eigenvalue weighted by atomic mass is 32.2. The molecule has 0 amide bonds. The van der Waals surface area contributed by atoms with Crippen molar-refractivity contribution in [2.45, 2.75) is 31.9 Å². The van der Waals surface area contributed by atoms with E-state index in [1.807, 2.05) is 12.1 Å². The van der Waals surface area contributed by atoms with Gasteiger partial charge in [-0.05, 0) is 16.5 Å². The molecule has 16 heavy (non-hydrogen) atoms. The van der Waals surface area contributed by atoms with Gasteiger partial charge in [0.2, 0.25) is 0 Å².